The Labute approximate surface area is 324 Å². The molecule has 13 atom stereocenters. The lowest BCUT2D eigenvalue weighted by molar-refractivity contribution is -0.296. The number of rotatable bonds is 8. The van der Waals surface area contributed by atoms with E-state index in [9.17, 15) is 24.3 Å². The molecule has 302 valence electrons. The average Bonchev–Trinajstić information content (AvgIpc) is 3.47. The molecule has 55 heavy (non-hydrogen) atoms. The number of hydrogen-bond acceptors (Lipinski definition) is 12. The maximum absolute atomic E-state index is 14.4. The normalized spacial score (nSPS) is 38.1. The van der Waals surface area contributed by atoms with Gasteiger partial charge in [0.05, 0.1) is 36.0 Å². The molecule has 13 heteroatoms. The summed E-state index contributed by atoms with van der Waals surface area (Å²) >= 11 is 0. The Kier molecular flexibility index (Phi) is 13.2. The van der Waals surface area contributed by atoms with Crippen LogP contribution >= 0.6 is 0 Å². The Morgan fingerprint density at radius 3 is 2.44 bits per heavy atom. The number of aliphatic hydroxyl groups excluding tert-OH is 1. The fourth-order valence-corrected chi connectivity index (χ4v) is 8.73. The van der Waals surface area contributed by atoms with Crippen LogP contribution in [0.4, 0.5) is 4.79 Å². The number of ketones is 2. The number of nitrogens with zero attached hydrogens (tertiary/aromatic N) is 2. The number of aromatic nitrogens is 1. The number of pyridine rings is 1. The van der Waals surface area contributed by atoms with Crippen LogP contribution in [0.2, 0.25) is 0 Å². The van der Waals surface area contributed by atoms with Gasteiger partial charge in [0.15, 0.2) is 17.7 Å². The zero-order chi connectivity index (χ0) is 40.4. The van der Waals surface area contributed by atoms with Crippen molar-refractivity contribution in [3.63, 3.8) is 0 Å². The van der Waals surface area contributed by atoms with Crippen molar-refractivity contribution in [3.05, 3.63) is 48.2 Å². The van der Waals surface area contributed by atoms with Crippen LogP contribution in [-0.2, 0) is 38.1 Å². The van der Waals surface area contributed by atoms with Crippen molar-refractivity contribution in [2.45, 2.75) is 129 Å². The Morgan fingerprint density at radius 1 is 1.04 bits per heavy atom. The van der Waals surface area contributed by atoms with Crippen molar-refractivity contribution in [3.8, 4) is 0 Å². The molecule has 5 rings (SSSR count). The van der Waals surface area contributed by atoms with Gasteiger partial charge in [0.1, 0.15) is 23.9 Å². The second-order valence-corrected chi connectivity index (χ2v) is 16.4. The first-order valence-electron chi connectivity index (χ1n) is 19.5. The number of nitrogens with one attached hydrogen (secondary N) is 1. The minimum absolute atomic E-state index is 0.0612. The third kappa shape index (κ3) is 8.96. The molecule has 3 fully saturated rings. The number of esters is 1. The van der Waals surface area contributed by atoms with Gasteiger partial charge in [0.2, 0.25) is 0 Å². The summed E-state index contributed by atoms with van der Waals surface area (Å²) in [5.74, 6) is -5.12. The van der Waals surface area contributed by atoms with Crippen LogP contribution in [0.15, 0.2) is 42.6 Å². The second-order valence-electron chi connectivity index (χ2n) is 16.4. The summed E-state index contributed by atoms with van der Waals surface area (Å²) in [4.78, 5) is 61.8. The number of cyclic esters (lactones) is 1. The van der Waals surface area contributed by atoms with Crippen molar-refractivity contribution in [2.24, 2.45) is 23.7 Å². The van der Waals surface area contributed by atoms with Crippen molar-refractivity contribution >= 4 is 40.6 Å². The monoisotopic (exact) mass is 765 g/mol. The summed E-state index contributed by atoms with van der Waals surface area (Å²) in [5.41, 5.74) is -1.00. The van der Waals surface area contributed by atoms with E-state index in [0.29, 0.717) is 6.42 Å². The summed E-state index contributed by atoms with van der Waals surface area (Å²) in [7, 11) is 3.74. The van der Waals surface area contributed by atoms with Gasteiger partial charge in [-0.25, -0.2) is 4.79 Å². The number of aliphatic hydroxyl groups is 1. The molecule has 3 aliphatic heterocycles. The summed E-state index contributed by atoms with van der Waals surface area (Å²) in [6.45, 7) is 13.8. The number of carbonyl (C=O) groups is 4. The zero-order valence-electron chi connectivity index (χ0n) is 33.8. The molecule has 0 radical (unpaired) electrons. The third-order valence-corrected chi connectivity index (χ3v) is 11.9. The molecule has 2 aromatic rings. The highest BCUT2D eigenvalue weighted by atomic mass is 16.7. The standard InChI is InChI=1S/C42H59N3O10/c1-11-32-42(8)36(44-40(50)55-42)25(4)33(46)23(2)21-41(7,51-18-14-15-28-20-29-16-12-13-17-30(29)43-22-28)37(26(5)34(47)27(6)38(49)53-32)54-39-35(48)31(45(9)10)19-24(3)52-39/h12-17,20,22-27,31-32,35-37,39,48H,11,18-19,21H2,1-10H3,(H,44,50)/t23?,24?,25?,26?,27?,31?,32?,35?,36-,37?,39-,41+,42+/m0/s1. The molecule has 0 spiro atoms. The zero-order valence-corrected chi connectivity index (χ0v) is 33.8. The Morgan fingerprint density at radius 2 is 1.75 bits per heavy atom. The molecule has 3 saturated heterocycles. The highest BCUT2D eigenvalue weighted by Gasteiger charge is 2.57. The van der Waals surface area contributed by atoms with Gasteiger partial charge in [0.25, 0.3) is 0 Å². The van der Waals surface area contributed by atoms with Crippen molar-refractivity contribution in [1.29, 1.82) is 0 Å². The van der Waals surface area contributed by atoms with Crippen molar-refractivity contribution < 1.29 is 48.0 Å². The number of carbonyl (C=O) groups excluding carboxylic acids is 4. The number of hydrogen-bond donors (Lipinski definition) is 2. The number of fused-ring (bicyclic) bond motifs is 2. The molecular weight excluding hydrogens is 706 g/mol. The van der Waals surface area contributed by atoms with E-state index in [2.05, 4.69) is 10.3 Å². The lowest BCUT2D eigenvalue weighted by Crippen LogP contribution is -2.60. The predicted molar refractivity (Wildman–Crippen MR) is 206 cm³/mol. The lowest BCUT2D eigenvalue weighted by Gasteiger charge is -2.47. The van der Waals surface area contributed by atoms with E-state index in [1.807, 2.05) is 68.4 Å². The van der Waals surface area contributed by atoms with Gasteiger partial charge in [0, 0.05) is 35.4 Å². The molecule has 13 nitrogen and oxygen atoms in total. The minimum Gasteiger partial charge on any atom is -0.458 e. The third-order valence-electron chi connectivity index (χ3n) is 11.9. The van der Waals surface area contributed by atoms with Gasteiger partial charge in [-0.1, -0.05) is 58.0 Å². The van der Waals surface area contributed by atoms with Crippen LogP contribution < -0.4 is 5.32 Å². The Hall–Kier alpha value is -3.75. The number of Topliss-reactive ketones (excluding diaryl/α,β-unsaturated/α-hetero) is 2. The number of para-hydroxylation sites is 1. The molecule has 4 heterocycles. The van der Waals surface area contributed by atoms with Gasteiger partial charge in [-0.15, -0.1) is 0 Å². The molecular formula is C42H59N3O10. The van der Waals surface area contributed by atoms with Crippen molar-refractivity contribution in [1.82, 2.24) is 15.2 Å². The number of benzene rings is 1. The number of alkyl carbamates (subject to hydrolysis) is 1. The largest absolute Gasteiger partial charge is 0.458 e. The Balaban J connectivity index is 1.56. The van der Waals surface area contributed by atoms with E-state index in [0.717, 1.165) is 16.5 Å². The highest BCUT2D eigenvalue weighted by Crippen LogP contribution is 2.40. The summed E-state index contributed by atoms with van der Waals surface area (Å²) in [5, 5.41) is 15.4. The average molecular weight is 766 g/mol. The molecule has 0 bridgehead atoms. The van der Waals surface area contributed by atoms with Crippen molar-refractivity contribution in [2.75, 3.05) is 20.7 Å². The van der Waals surface area contributed by atoms with E-state index in [-0.39, 0.29) is 37.4 Å². The van der Waals surface area contributed by atoms with Crippen LogP contribution in [0.25, 0.3) is 17.0 Å². The van der Waals surface area contributed by atoms with Crippen LogP contribution in [0, 0.1) is 23.7 Å². The smallest absolute Gasteiger partial charge is 0.408 e. The van der Waals surface area contributed by atoms with Crippen LogP contribution in [0.3, 0.4) is 0 Å². The van der Waals surface area contributed by atoms with E-state index in [1.165, 1.54) is 6.92 Å². The van der Waals surface area contributed by atoms with E-state index in [4.69, 9.17) is 23.7 Å². The van der Waals surface area contributed by atoms with Gasteiger partial charge >= 0.3 is 12.1 Å². The molecule has 3 aliphatic rings. The molecule has 1 aromatic carbocycles. The molecule has 0 aliphatic carbocycles. The van der Waals surface area contributed by atoms with Crippen LogP contribution in [0.1, 0.15) is 80.2 Å². The first-order chi connectivity index (χ1) is 25.9. The summed E-state index contributed by atoms with van der Waals surface area (Å²) in [6, 6.07) is 8.70. The summed E-state index contributed by atoms with van der Waals surface area (Å²) < 4.78 is 31.4. The molecule has 1 amide bonds. The predicted octanol–water partition coefficient (Wildman–Crippen LogP) is 5.11. The van der Waals surface area contributed by atoms with Gasteiger partial charge in [-0.05, 0) is 78.7 Å². The topological polar surface area (TPSA) is 163 Å². The maximum atomic E-state index is 14.4. The first kappa shape index (κ1) is 42.4. The quantitative estimate of drug-likeness (QED) is 0.270. The molecule has 2 N–H and O–H groups in total. The second kappa shape index (κ2) is 17.2. The van der Waals surface area contributed by atoms with Gasteiger partial charge in [-0.3, -0.25) is 19.4 Å². The van der Waals surface area contributed by atoms with Gasteiger partial charge in [-0.2, -0.15) is 0 Å². The lowest BCUT2D eigenvalue weighted by atomic mass is 9.73. The Bertz CT molecular complexity index is 1750. The van der Waals surface area contributed by atoms with Gasteiger partial charge < -0.3 is 39.0 Å². The van der Waals surface area contributed by atoms with E-state index in [1.54, 1.807) is 47.7 Å². The van der Waals surface area contributed by atoms with Crippen LogP contribution in [0.5, 0.6) is 0 Å². The SMILES string of the molecule is CCC1OC(=O)C(C)C(=O)C(C)C(O[C@@H]2OC(C)CC(N(C)C)C2O)[C@](C)(OCC=Cc2cnc3ccccc3c2)CC(C)C(=O)C(C)[C@@H]2NC(=O)O[C@]12C. The highest BCUT2D eigenvalue weighted by molar-refractivity contribution is 6.00. The van der Waals surface area contributed by atoms with E-state index < -0.39 is 83.4 Å². The number of ether oxygens (including phenoxy) is 5. The number of amides is 1. The summed E-state index contributed by atoms with van der Waals surface area (Å²) in [6.07, 6.45) is 1.12. The fraction of sp³-hybridized carbons (Fsp3) is 0.643. The minimum atomic E-state index is -1.38. The molecule has 0 saturated carbocycles. The fourth-order valence-electron chi connectivity index (χ4n) is 8.73. The first-order valence-corrected chi connectivity index (χ1v) is 19.5. The molecule has 1 aromatic heterocycles. The molecule has 9 unspecified atom stereocenters. The van der Waals surface area contributed by atoms with E-state index >= 15 is 0 Å². The van der Waals surface area contributed by atoms with Crippen LogP contribution in [-0.4, -0.2) is 113 Å². The number of likely N-dealkylation sites (N-methyl/N-ethyl adjacent to an activating group) is 1. The maximum Gasteiger partial charge on any atom is 0.408 e.